The Morgan fingerprint density at radius 3 is 1.47 bits per heavy atom. The van der Waals surface area contributed by atoms with Crippen LogP contribution in [0, 0.1) is 0 Å². The van der Waals surface area contributed by atoms with Crippen molar-refractivity contribution in [1.82, 2.24) is 9.80 Å². The maximum atomic E-state index is 6.21. The number of aliphatic imine (C=N–C) groups is 2. The van der Waals surface area contributed by atoms with Gasteiger partial charge in [0.05, 0.1) is 11.4 Å². The molecule has 2 atom stereocenters. The fraction of sp³-hybridized carbons (Fsp3) is 0.273. The minimum absolute atomic E-state index is 0.0652. The summed E-state index contributed by atoms with van der Waals surface area (Å²) in [5.74, 6) is 0.759. The molecule has 6 N–H and O–H groups in total. The Hall–Kier alpha value is -3.50. The van der Waals surface area contributed by atoms with E-state index in [0.717, 1.165) is 11.4 Å². The van der Waals surface area contributed by atoms with Crippen molar-refractivity contribution in [2.24, 2.45) is 31.7 Å². The lowest BCUT2D eigenvalue weighted by molar-refractivity contribution is 0.143. The monoisotopic (exact) mass is 502 g/mol. The quantitative estimate of drug-likeness (QED) is 0.271. The van der Waals surface area contributed by atoms with E-state index < -0.39 is 0 Å². The van der Waals surface area contributed by atoms with Crippen LogP contribution in [0.1, 0.15) is 13.8 Å². The highest BCUT2D eigenvalue weighted by molar-refractivity contribution is 6.30. The number of nitrogens with zero attached hydrogens (tertiary/aromatic N) is 6. The third-order valence-electron chi connectivity index (χ3n) is 5.15. The summed E-state index contributed by atoms with van der Waals surface area (Å²) in [7, 11) is 0. The van der Waals surface area contributed by atoms with Crippen molar-refractivity contribution >= 4 is 59.2 Å². The minimum atomic E-state index is 0.0652. The summed E-state index contributed by atoms with van der Waals surface area (Å²) in [6.07, 6.45) is 2.77. The molecule has 0 aliphatic carbocycles. The average molecular weight is 503 g/mol. The summed E-state index contributed by atoms with van der Waals surface area (Å²) >= 11 is 11.7. The first-order valence-corrected chi connectivity index (χ1v) is 11.3. The Kier molecular flexibility index (Phi) is 8.94. The van der Waals surface area contributed by atoms with Gasteiger partial charge >= 0.3 is 0 Å². The first-order valence-electron chi connectivity index (χ1n) is 10.6. The van der Waals surface area contributed by atoms with Crippen molar-refractivity contribution in [1.29, 1.82) is 0 Å². The van der Waals surface area contributed by atoms with E-state index in [1.165, 1.54) is 12.7 Å². The highest BCUT2D eigenvalue weighted by atomic mass is 35.5. The summed E-state index contributed by atoms with van der Waals surface area (Å²) in [5.41, 5.74) is 19.8. The van der Waals surface area contributed by atoms with Crippen molar-refractivity contribution < 1.29 is 0 Å². The van der Waals surface area contributed by atoms with Gasteiger partial charge in [0.25, 0.3) is 0 Å². The third-order valence-corrected chi connectivity index (χ3v) is 5.65. The van der Waals surface area contributed by atoms with Crippen molar-refractivity contribution in [2.75, 3.05) is 23.9 Å². The largest absolute Gasteiger partial charge is 0.369 e. The van der Waals surface area contributed by atoms with Crippen molar-refractivity contribution in [3.63, 3.8) is 0 Å². The Morgan fingerprint density at radius 2 is 1.12 bits per heavy atom. The van der Waals surface area contributed by atoms with Crippen LogP contribution in [0.3, 0.4) is 0 Å². The van der Waals surface area contributed by atoms with Crippen LogP contribution in [0.25, 0.3) is 0 Å². The summed E-state index contributed by atoms with van der Waals surface area (Å²) in [6, 6.07) is 14.5. The molecule has 10 nitrogen and oxygen atoms in total. The molecular weight excluding hydrogens is 475 g/mol. The molecule has 1 aliphatic rings. The predicted molar refractivity (Wildman–Crippen MR) is 143 cm³/mol. The van der Waals surface area contributed by atoms with Gasteiger partial charge in [-0.3, -0.25) is 10.9 Å². The predicted octanol–water partition coefficient (Wildman–Crippen LogP) is 3.43. The zero-order valence-electron chi connectivity index (χ0n) is 18.9. The van der Waals surface area contributed by atoms with E-state index in [4.69, 9.17) is 34.7 Å². The van der Waals surface area contributed by atoms with Crippen LogP contribution in [0.2, 0.25) is 10.0 Å². The number of nitrogens with one attached hydrogen (secondary N) is 2. The van der Waals surface area contributed by atoms with Gasteiger partial charge in [0.2, 0.25) is 0 Å². The smallest absolute Gasteiger partial charge is 0.197 e. The average Bonchev–Trinajstić information content (AvgIpc) is 2.82. The zero-order valence-corrected chi connectivity index (χ0v) is 20.4. The molecular formula is C22H28Cl2N10. The molecule has 12 heteroatoms. The van der Waals surface area contributed by atoms with E-state index in [1.54, 1.807) is 24.3 Å². The molecule has 180 valence electrons. The van der Waals surface area contributed by atoms with Crippen molar-refractivity contribution in [3.8, 4) is 0 Å². The second kappa shape index (κ2) is 12.1. The number of guanidine groups is 2. The second-order valence-corrected chi connectivity index (χ2v) is 8.58. The minimum Gasteiger partial charge on any atom is -0.369 e. The molecule has 1 saturated heterocycles. The second-order valence-electron chi connectivity index (χ2n) is 7.70. The lowest BCUT2D eigenvalue weighted by Crippen LogP contribution is -2.62. The topological polar surface area (TPSA) is 132 Å². The van der Waals surface area contributed by atoms with E-state index in [2.05, 4.69) is 31.0 Å². The Bertz CT molecular complexity index is 965. The van der Waals surface area contributed by atoms with Crippen molar-refractivity contribution in [2.45, 2.75) is 25.9 Å². The summed E-state index contributed by atoms with van der Waals surface area (Å²) in [4.78, 5) is 12.5. The molecule has 1 fully saturated rings. The number of nitrogens with two attached hydrogens (primary N) is 2. The van der Waals surface area contributed by atoms with E-state index in [9.17, 15) is 0 Å². The zero-order chi connectivity index (χ0) is 24.5. The van der Waals surface area contributed by atoms with Gasteiger partial charge in [-0.2, -0.15) is 10.2 Å². The number of benzene rings is 2. The van der Waals surface area contributed by atoms with Gasteiger partial charge in [0.15, 0.2) is 11.9 Å². The molecule has 2 unspecified atom stereocenters. The van der Waals surface area contributed by atoms with Gasteiger partial charge in [-0.15, -0.1) is 0 Å². The molecule has 0 radical (unpaired) electrons. The normalized spacial score (nSPS) is 19.8. The van der Waals surface area contributed by atoms with Crippen LogP contribution in [0.5, 0.6) is 0 Å². The van der Waals surface area contributed by atoms with Gasteiger partial charge in [-0.05, 0) is 62.4 Å². The highest BCUT2D eigenvalue weighted by Gasteiger charge is 2.31. The van der Waals surface area contributed by atoms with Gasteiger partial charge in [-0.25, -0.2) is 9.98 Å². The van der Waals surface area contributed by atoms with Crippen LogP contribution in [-0.4, -0.2) is 59.6 Å². The molecule has 0 spiro atoms. The highest BCUT2D eigenvalue weighted by Crippen LogP contribution is 2.16. The first kappa shape index (κ1) is 25.1. The number of hydrogen-bond acceptors (Lipinski definition) is 4. The van der Waals surface area contributed by atoms with E-state index in [-0.39, 0.29) is 12.1 Å². The van der Waals surface area contributed by atoms with Gasteiger partial charge in [0, 0.05) is 35.2 Å². The maximum absolute atomic E-state index is 6.21. The molecule has 0 saturated carbocycles. The molecule has 3 rings (SSSR count). The third kappa shape index (κ3) is 7.26. The lowest BCUT2D eigenvalue weighted by Gasteiger charge is -2.44. The number of halogens is 2. The van der Waals surface area contributed by atoms with E-state index in [1.807, 2.05) is 47.9 Å². The van der Waals surface area contributed by atoms with Crippen LogP contribution in [-0.2, 0) is 0 Å². The standard InChI is InChI=1S/C22H28Cl2N10/c1-15-11-34(22(26)28-14-30-32-20-9-5-18(24)6-10-20)16(2)12-33(15)21(25)27-13-29-31-19-7-3-17(23)4-8-19/h3-10,13-16,31-32H,11-12H2,1-2H3,(H2,25,27,29)(H2,26,28,30). The molecule has 34 heavy (non-hydrogen) atoms. The number of hydrazone groups is 2. The molecule has 2 aromatic carbocycles. The molecule has 1 heterocycles. The number of rotatable bonds is 6. The molecule has 2 aromatic rings. The van der Waals surface area contributed by atoms with E-state index >= 15 is 0 Å². The summed E-state index contributed by atoms with van der Waals surface area (Å²) in [5, 5.41) is 9.46. The molecule has 0 amide bonds. The summed E-state index contributed by atoms with van der Waals surface area (Å²) in [6.45, 7) is 5.36. The van der Waals surface area contributed by atoms with Crippen LogP contribution < -0.4 is 22.3 Å². The van der Waals surface area contributed by atoms with Crippen LogP contribution in [0.15, 0.2) is 68.7 Å². The number of anilines is 2. The van der Waals surface area contributed by atoms with E-state index in [0.29, 0.717) is 35.1 Å². The molecule has 0 aromatic heterocycles. The SMILES string of the molecule is CC1CN(C(N)=N/C=N/Nc2ccc(Cl)cc2)C(C)CN1C(N)=N/C=N/Nc1ccc(Cl)cc1. The Balaban J connectivity index is 1.52. The van der Waals surface area contributed by atoms with Gasteiger partial charge in [-0.1, -0.05) is 23.2 Å². The Morgan fingerprint density at radius 1 is 0.765 bits per heavy atom. The maximum Gasteiger partial charge on any atom is 0.197 e. The number of hydrogen-bond donors (Lipinski definition) is 4. The van der Waals surface area contributed by atoms with Gasteiger partial charge in [0.1, 0.15) is 12.7 Å². The fourth-order valence-corrected chi connectivity index (χ4v) is 3.60. The Labute approximate surface area is 209 Å². The molecule has 1 aliphatic heterocycles. The first-order chi connectivity index (χ1) is 16.3. The fourth-order valence-electron chi connectivity index (χ4n) is 3.35. The lowest BCUT2D eigenvalue weighted by atomic mass is 10.1. The number of piperazine rings is 1. The van der Waals surface area contributed by atoms with Gasteiger partial charge < -0.3 is 21.3 Å². The van der Waals surface area contributed by atoms with Crippen LogP contribution >= 0.6 is 23.2 Å². The van der Waals surface area contributed by atoms with Crippen LogP contribution in [0.4, 0.5) is 11.4 Å². The van der Waals surface area contributed by atoms with Crippen molar-refractivity contribution in [3.05, 3.63) is 58.6 Å². The molecule has 0 bridgehead atoms. The summed E-state index contributed by atoms with van der Waals surface area (Å²) < 4.78 is 0.